The number of benzene rings is 1. The van der Waals surface area contributed by atoms with E-state index in [1.165, 1.54) is 0 Å². The monoisotopic (exact) mass is 193 g/mol. The molecule has 0 aromatic heterocycles. The van der Waals surface area contributed by atoms with Crippen molar-refractivity contribution < 1.29 is 14.4 Å². The molecule has 1 unspecified atom stereocenters. The summed E-state index contributed by atoms with van der Waals surface area (Å²) >= 11 is 0. The number of carbonyl (C=O) groups excluding carboxylic acids is 1. The van der Waals surface area contributed by atoms with Crippen molar-refractivity contribution in [2.75, 3.05) is 7.11 Å². The summed E-state index contributed by atoms with van der Waals surface area (Å²) in [6.07, 6.45) is 0.209. The molecular formula is C10H11NO3. The molecule has 1 atom stereocenters. The van der Waals surface area contributed by atoms with Gasteiger partial charge in [0.1, 0.15) is 11.9 Å². The highest BCUT2D eigenvalue weighted by Gasteiger charge is 2.24. The Morgan fingerprint density at radius 2 is 2.14 bits per heavy atom. The van der Waals surface area contributed by atoms with E-state index in [0.29, 0.717) is 6.42 Å². The number of amides is 1. The van der Waals surface area contributed by atoms with E-state index in [2.05, 4.69) is 5.48 Å². The Morgan fingerprint density at radius 3 is 2.64 bits per heavy atom. The number of nitrogens with one attached hydrogen (secondary N) is 1. The molecule has 1 fully saturated rings. The second-order valence-corrected chi connectivity index (χ2v) is 3.11. The molecule has 74 valence electrons. The first kappa shape index (κ1) is 9.02. The number of ether oxygens (including phenoxy) is 1. The first-order chi connectivity index (χ1) is 6.79. The molecule has 1 aliphatic rings. The topological polar surface area (TPSA) is 47.6 Å². The van der Waals surface area contributed by atoms with Gasteiger partial charge in [-0.1, -0.05) is 12.1 Å². The van der Waals surface area contributed by atoms with Crippen LogP contribution in [0.25, 0.3) is 0 Å². The molecule has 1 aromatic carbocycles. The van der Waals surface area contributed by atoms with E-state index in [0.717, 1.165) is 11.3 Å². The lowest BCUT2D eigenvalue weighted by Gasteiger charge is -2.07. The number of rotatable bonds is 2. The quantitative estimate of drug-likeness (QED) is 0.767. The summed E-state index contributed by atoms with van der Waals surface area (Å²) in [6.45, 7) is 0. The summed E-state index contributed by atoms with van der Waals surface area (Å²) in [5.41, 5.74) is 3.30. The highest BCUT2D eigenvalue weighted by Crippen LogP contribution is 2.25. The second-order valence-electron chi connectivity index (χ2n) is 3.11. The Kier molecular flexibility index (Phi) is 2.37. The first-order valence-electron chi connectivity index (χ1n) is 4.38. The minimum atomic E-state index is -0.173. The third-order valence-electron chi connectivity index (χ3n) is 2.17. The summed E-state index contributed by atoms with van der Waals surface area (Å²) in [4.78, 5) is 16.0. The maximum Gasteiger partial charge on any atom is 0.246 e. The van der Waals surface area contributed by atoms with Crippen LogP contribution in [-0.2, 0) is 9.63 Å². The van der Waals surface area contributed by atoms with Crippen molar-refractivity contribution in [3.05, 3.63) is 29.8 Å². The molecule has 4 nitrogen and oxygen atoms in total. The van der Waals surface area contributed by atoms with Crippen molar-refractivity contribution in [2.24, 2.45) is 0 Å². The Balaban J connectivity index is 2.13. The molecule has 2 rings (SSSR count). The molecule has 0 spiro atoms. The van der Waals surface area contributed by atoms with E-state index in [9.17, 15) is 4.79 Å². The van der Waals surface area contributed by atoms with Gasteiger partial charge in [-0.2, -0.15) is 0 Å². The summed E-state index contributed by atoms with van der Waals surface area (Å²) in [5.74, 6) is 0.719. The van der Waals surface area contributed by atoms with Gasteiger partial charge in [0.2, 0.25) is 5.91 Å². The maximum atomic E-state index is 10.9. The molecule has 0 aliphatic carbocycles. The van der Waals surface area contributed by atoms with Gasteiger partial charge >= 0.3 is 0 Å². The number of hydrogen-bond donors (Lipinski definition) is 1. The van der Waals surface area contributed by atoms with E-state index in [-0.39, 0.29) is 12.0 Å². The summed E-state index contributed by atoms with van der Waals surface area (Å²) < 4.78 is 5.03. The van der Waals surface area contributed by atoms with E-state index >= 15 is 0 Å². The molecule has 1 N–H and O–H groups in total. The van der Waals surface area contributed by atoms with Crippen LogP contribution in [-0.4, -0.2) is 13.0 Å². The van der Waals surface area contributed by atoms with Gasteiger partial charge in [0, 0.05) is 0 Å². The Bertz CT molecular complexity index is 334. The Hall–Kier alpha value is -1.55. The molecule has 1 saturated heterocycles. The minimum Gasteiger partial charge on any atom is -0.497 e. The highest BCUT2D eigenvalue weighted by molar-refractivity contribution is 5.77. The van der Waals surface area contributed by atoms with Crippen molar-refractivity contribution >= 4 is 5.91 Å². The zero-order valence-electron chi connectivity index (χ0n) is 7.82. The van der Waals surface area contributed by atoms with Crippen molar-refractivity contribution in [1.29, 1.82) is 0 Å². The van der Waals surface area contributed by atoms with Crippen LogP contribution in [0.1, 0.15) is 18.1 Å². The Morgan fingerprint density at radius 1 is 1.43 bits per heavy atom. The van der Waals surface area contributed by atoms with E-state index in [4.69, 9.17) is 9.57 Å². The van der Waals surface area contributed by atoms with E-state index in [1.54, 1.807) is 7.11 Å². The van der Waals surface area contributed by atoms with Gasteiger partial charge in [0.15, 0.2) is 0 Å². The SMILES string of the molecule is COc1ccc(C2CC(=O)NO2)cc1. The summed E-state index contributed by atoms with van der Waals surface area (Å²) in [7, 11) is 1.62. The number of hydrogen-bond acceptors (Lipinski definition) is 3. The molecule has 4 heteroatoms. The predicted octanol–water partition coefficient (Wildman–Crippen LogP) is 1.19. The smallest absolute Gasteiger partial charge is 0.246 e. The van der Waals surface area contributed by atoms with Gasteiger partial charge in [-0.15, -0.1) is 0 Å². The molecule has 14 heavy (non-hydrogen) atoms. The van der Waals surface area contributed by atoms with Crippen molar-refractivity contribution in [2.45, 2.75) is 12.5 Å². The third kappa shape index (κ3) is 1.70. The van der Waals surface area contributed by atoms with Gasteiger partial charge in [-0.05, 0) is 17.7 Å². The zero-order valence-corrected chi connectivity index (χ0v) is 7.82. The molecule has 1 aliphatic heterocycles. The van der Waals surface area contributed by atoms with Crippen LogP contribution in [0.5, 0.6) is 5.75 Å². The van der Waals surface area contributed by atoms with Crippen LogP contribution in [0.4, 0.5) is 0 Å². The first-order valence-corrected chi connectivity index (χ1v) is 4.38. The standard InChI is InChI=1S/C10H11NO3/c1-13-8-4-2-7(3-5-8)9-6-10(12)11-14-9/h2-5,9H,6H2,1H3,(H,11,12). The third-order valence-corrected chi connectivity index (χ3v) is 2.17. The molecule has 1 heterocycles. The number of carbonyl (C=O) groups is 1. The van der Waals surface area contributed by atoms with Crippen molar-refractivity contribution in [3.63, 3.8) is 0 Å². The van der Waals surface area contributed by atoms with Crippen LogP contribution >= 0.6 is 0 Å². The lowest BCUT2D eigenvalue weighted by atomic mass is 10.1. The average Bonchev–Trinajstić information content (AvgIpc) is 2.65. The highest BCUT2D eigenvalue weighted by atomic mass is 16.7. The number of methoxy groups -OCH3 is 1. The van der Waals surface area contributed by atoms with Gasteiger partial charge in [-0.25, -0.2) is 5.48 Å². The van der Waals surface area contributed by atoms with Gasteiger partial charge in [0.05, 0.1) is 13.5 Å². The normalized spacial score (nSPS) is 20.6. The lowest BCUT2D eigenvalue weighted by molar-refractivity contribution is -0.124. The minimum absolute atomic E-state index is 0.0779. The van der Waals surface area contributed by atoms with Gasteiger partial charge < -0.3 is 4.74 Å². The second kappa shape index (κ2) is 3.67. The largest absolute Gasteiger partial charge is 0.497 e. The predicted molar refractivity (Wildman–Crippen MR) is 49.6 cm³/mol. The van der Waals surface area contributed by atoms with Crippen molar-refractivity contribution in [3.8, 4) is 5.75 Å². The van der Waals surface area contributed by atoms with Crippen molar-refractivity contribution in [1.82, 2.24) is 5.48 Å². The summed E-state index contributed by atoms with van der Waals surface area (Å²) in [5, 5.41) is 0. The molecule has 0 saturated carbocycles. The fourth-order valence-corrected chi connectivity index (χ4v) is 1.39. The number of hydroxylamine groups is 1. The maximum absolute atomic E-state index is 10.9. The Labute approximate surface area is 81.8 Å². The lowest BCUT2D eigenvalue weighted by Crippen LogP contribution is -2.11. The van der Waals surface area contributed by atoms with Crippen LogP contribution in [0.15, 0.2) is 24.3 Å². The fourth-order valence-electron chi connectivity index (χ4n) is 1.39. The van der Waals surface area contributed by atoms with E-state index in [1.807, 2.05) is 24.3 Å². The van der Waals surface area contributed by atoms with Crippen LogP contribution < -0.4 is 10.2 Å². The molecule has 0 radical (unpaired) electrons. The van der Waals surface area contributed by atoms with Crippen LogP contribution in [0.3, 0.4) is 0 Å². The molecular weight excluding hydrogens is 182 g/mol. The van der Waals surface area contributed by atoms with E-state index < -0.39 is 0 Å². The zero-order chi connectivity index (χ0) is 9.97. The van der Waals surface area contributed by atoms with Crippen LogP contribution in [0, 0.1) is 0 Å². The summed E-state index contributed by atoms with van der Waals surface area (Å²) in [6, 6.07) is 7.48. The molecule has 0 bridgehead atoms. The average molecular weight is 193 g/mol. The fraction of sp³-hybridized carbons (Fsp3) is 0.300. The van der Waals surface area contributed by atoms with Crippen LogP contribution in [0.2, 0.25) is 0 Å². The van der Waals surface area contributed by atoms with Gasteiger partial charge in [-0.3, -0.25) is 9.63 Å². The molecule has 1 aromatic rings. The van der Waals surface area contributed by atoms with Gasteiger partial charge in [0.25, 0.3) is 0 Å². The molecule has 1 amide bonds.